The Bertz CT molecular complexity index is 1060. The van der Waals surface area contributed by atoms with E-state index in [0.717, 1.165) is 29.8 Å². The van der Waals surface area contributed by atoms with Crippen LogP contribution in [-0.4, -0.2) is 40.5 Å². The first-order valence-corrected chi connectivity index (χ1v) is 11.5. The van der Waals surface area contributed by atoms with Crippen molar-refractivity contribution in [1.82, 2.24) is 14.8 Å². The summed E-state index contributed by atoms with van der Waals surface area (Å²) in [6.45, 7) is 7.70. The minimum absolute atomic E-state index is 0.0269. The lowest BCUT2D eigenvalue weighted by Crippen LogP contribution is -2.56. The summed E-state index contributed by atoms with van der Waals surface area (Å²) in [6, 6.07) is 12.3. The fourth-order valence-corrected chi connectivity index (χ4v) is 4.98. The third kappa shape index (κ3) is 4.42. The summed E-state index contributed by atoms with van der Waals surface area (Å²) in [5.74, 6) is 0.124. The van der Waals surface area contributed by atoms with Gasteiger partial charge in [-0.1, -0.05) is 45.0 Å². The van der Waals surface area contributed by atoms with Crippen LogP contribution in [0.5, 0.6) is 0 Å². The van der Waals surface area contributed by atoms with Crippen molar-refractivity contribution in [3.63, 3.8) is 0 Å². The second-order valence-corrected chi connectivity index (χ2v) is 9.27. The molecule has 0 radical (unpaired) electrons. The summed E-state index contributed by atoms with van der Waals surface area (Å²) in [7, 11) is 0. The quantitative estimate of drug-likeness (QED) is 0.755. The maximum absolute atomic E-state index is 13.2. The van der Waals surface area contributed by atoms with Gasteiger partial charge in [0.2, 0.25) is 5.91 Å². The molecule has 0 saturated carbocycles. The lowest BCUT2D eigenvalue weighted by molar-refractivity contribution is -0.118. The number of nitrogens with one attached hydrogen (secondary N) is 2. The molecule has 1 saturated heterocycles. The molecule has 2 N–H and O–H groups in total. The molecule has 1 fully saturated rings. The zero-order chi connectivity index (χ0) is 22.8. The van der Waals surface area contributed by atoms with Crippen LogP contribution in [0.1, 0.15) is 44.4 Å². The molecule has 32 heavy (non-hydrogen) atoms. The number of benzene rings is 1. The van der Waals surface area contributed by atoms with Gasteiger partial charge < -0.3 is 20.1 Å². The number of piperidine rings is 1. The molecule has 2 bridgehead atoms. The van der Waals surface area contributed by atoms with Gasteiger partial charge in [0, 0.05) is 43.0 Å². The second kappa shape index (κ2) is 9.18. The molecule has 2 aliphatic heterocycles. The highest BCUT2D eigenvalue weighted by atomic mass is 16.2. The van der Waals surface area contributed by atoms with Crippen LogP contribution in [0.25, 0.3) is 0 Å². The number of aromatic nitrogens is 1. The molecule has 2 aromatic rings. The highest BCUT2D eigenvalue weighted by Crippen LogP contribution is 2.35. The molecule has 3 heterocycles. The van der Waals surface area contributed by atoms with Crippen molar-refractivity contribution in [3.05, 3.63) is 64.1 Å². The zero-order valence-electron chi connectivity index (χ0n) is 19.0. The average Bonchev–Trinajstić information content (AvgIpc) is 2.78. The number of carbonyl (C=O) groups excluding carboxylic acids is 2. The van der Waals surface area contributed by atoms with Crippen LogP contribution in [0.2, 0.25) is 0 Å². The Hall–Kier alpha value is -3.09. The molecule has 7 nitrogen and oxygen atoms in total. The van der Waals surface area contributed by atoms with Gasteiger partial charge in [0.15, 0.2) is 0 Å². The van der Waals surface area contributed by atoms with E-state index in [1.165, 1.54) is 0 Å². The highest BCUT2D eigenvalue weighted by molar-refractivity contribution is 5.97. The van der Waals surface area contributed by atoms with E-state index in [9.17, 15) is 14.4 Å². The van der Waals surface area contributed by atoms with Crippen LogP contribution < -0.4 is 16.2 Å². The summed E-state index contributed by atoms with van der Waals surface area (Å²) >= 11 is 0. The number of anilines is 1. The number of pyridine rings is 1. The van der Waals surface area contributed by atoms with Gasteiger partial charge in [-0.3, -0.25) is 9.59 Å². The molecule has 3 amide bonds. The normalized spacial score (nSPS) is 20.4. The molecule has 0 spiro atoms. The number of amides is 3. The number of nitrogens with zero attached hydrogens (tertiary/aromatic N) is 2. The van der Waals surface area contributed by atoms with E-state index in [2.05, 4.69) is 10.6 Å². The summed E-state index contributed by atoms with van der Waals surface area (Å²) in [6.07, 6.45) is 1.80. The summed E-state index contributed by atoms with van der Waals surface area (Å²) in [5.41, 5.74) is 2.88. The van der Waals surface area contributed by atoms with Crippen molar-refractivity contribution in [2.75, 3.05) is 18.4 Å². The van der Waals surface area contributed by atoms with E-state index in [4.69, 9.17) is 0 Å². The van der Waals surface area contributed by atoms with Crippen LogP contribution in [0.15, 0.2) is 47.3 Å². The smallest absolute Gasteiger partial charge is 0.318 e. The number of para-hydroxylation sites is 1. The lowest BCUT2D eigenvalue weighted by atomic mass is 9.83. The standard InChI is InChI=1S/C25H32N4O3/c1-4-18-8-5-6-9-20(18)26-24(31)23(16(2)3)27-25(32)28-13-17-12-19(15-28)21-10-7-11-22(30)29(21)14-17/h5-11,16-17,19,23H,4,12-15H2,1-3H3,(H,26,31)(H,27,32)/t17-,19+,23+/m1/s1. The Morgan fingerprint density at radius 1 is 1.06 bits per heavy atom. The van der Waals surface area contributed by atoms with Crippen LogP contribution in [0.3, 0.4) is 0 Å². The molecular weight excluding hydrogens is 404 g/mol. The van der Waals surface area contributed by atoms with Gasteiger partial charge in [-0.05, 0) is 42.4 Å². The van der Waals surface area contributed by atoms with E-state index in [-0.39, 0.29) is 35.3 Å². The fourth-order valence-electron chi connectivity index (χ4n) is 4.98. The predicted molar refractivity (Wildman–Crippen MR) is 125 cm³/mol. The molecule has 0 aliphatic carbocycles. The van der Waals surface area contributed by atoms with Crippen LogP contribution >= 0.6 is 0 Å². The van der Waals surface area contributed by atoms with Crippen molar-refractivity contribution in [2.24, 2.45) is 11.8 Å². The Kier molecular flexibility index (Phi) is 6.35. The molecule has 3 atom stereocenters. The molecule has 7 heteroatoms. The van der Waals surface area contributed by atoms with Gasteiger partial charge in [-0.15, -0.1) is 0 Å². The zero-order valence-corrected chi connectivity index (χ0v) is 19.0. The Balaban J connectivity index is 1.46. The van der Waals surface area contributed by atoms with Crippen molar-refractivity contribution in [3.8, 4) is 0 Å². The Morgan fingerprint density at radius 2 is 1.84 bits per heavy atom. The van der Waals surface area contributed by atoms with Crippen LogP contribution in [0.4, 0.5) is 10.5 Å². The lowest BCUT2D eigenvalue weighted by Gasteiger charge is -2.43. The molecular formula is C25H32N4O3. The van der Waals surface area contributed by atoms with Crippen molar-refractivity contribution in [2.45, 2.75) is 52.1 Å². The number of rotatable bonds is 5. The van der Waals surface area contributed by atoms with E-state index < -0.39 is 6.04 Å². The molecule has 170 valence electrons. The predicted octanol–water partition coefficient (Wildman–Crippen LogP) is 3.20. The molecule has 4 rings (SSSR count). The van der Waals surface area contributed by atoms with E-state index >= 15 is 0 Å². The van der Waals surface area contributed by atoms with Crippen molar-refractivity contribution < 1.29 is 9.59 Å². The maximum atomic E-state index is 13.2. The topological polar surface area (TPSA) is 83.4 Å². The second-order valence-electron chi connectivity index (χ2n) is 9.27. The van der Waals surface area contributed by atoms with Crippen LogP contribution in [0, 0.1) is 11.8 Å². The van der Waals surface area contributed by atoms with Gasteiger partial charge in [0.25, 0.3) is 5.56 Å². The molecule has 1 aromatic heterocycles. The third-order valence-corrected chi connectivity index (χ3v) is 6.65. The molecule has 0 unspecified atom stereocenters. The van der Waals surface area contributed by atoms with Gasteiger partial charge in [-0.2, -0.15) is 0 Å². The first-order valence-electron chi connectivity index (χ1n) is 11.5. The summed E-state index contributed by atoms with van der Waals surface area (Å²) in [4.78, 5) is 40.3. The summed E-state index contributed by atoms with van der Waals surface area (Å²) in [5, 5.41) is 5.97. The monoisotopic (exact) mass is 436 g/mol. The number of urea groups is 1. The van der Waals surface area contributed by atoms with Gasteiger partial charge in [0.1, 0.15) is 6.04 Å². The molecule has 1 aromatic carbocycles. The number of fused-ring (bicyclic) bond motifs is 4. The number of aryl methyl sites for hydroxylation is 1. The number of hydrogen-bond donors (Lipinski definition) is 2. The largest absolute Gasteiger partial charge is 0.326 e. The average molecular weight is 437 g/mol. The van der Waals surface area contributed by atoms with Crippen molar-refractivity contribution >= 4 is 17.6 Å². The minimum atomic E-state index is -0.635. The van der Waals surface area contributed by atoms with Gasteiger partial charge in [-0.25, -0.2) is 4.79 Å². The van der Waals surface area contributed by atoms with Gasteiger partial charge in [0.05, 0.1) is 0 Å². The minimum Gasteiger partial charge on any atom is -0.326 e. The Morgan fingerprint density at radius 3 is 2.59 bits per heavy atom. The van der Waals surface area contributed by atoms with E-state index in [1.807, 2.05) is 60.6 Å². The first kappa shape index (κ1) is 22.1. The number of likely N-dealkylation sites (tertiary alicyclic amines) is 1. The number of carbonyl (C=O) groups is 2. The van der Waals surface area contributed by atoms with Crippen LogP contribution in [-0.2, 0) is 17.8 Å². The van der Waals surface area contributed by atoms with E-state index in [1.54, 1.807) is 12.1 Å². The molecule has 2 aliphatic rings. The summed E-state index contributed by atoms with van der Waals surface area (Å²) < 4.78 is 1.85. The first-order chi connectivity index (χ1) is 15.4. The number of hydrogen-bond acceptors (Lipinski definition) is 3. The van der Waals surface area contributed by atoms with Gasteiger partial charge >= 0.3 is 6.03 Å². The Labute approximate surface area is 188 Å². The van der Waals surface area contributed by atoms with Crippen molar-refractivity contribution in [1.29, 1.82) is 0 Å². The maximum Gasteiger partial charge on any atom is 0.318 e. The highest BCUT2D eigenvalue weighted by Gasteiger charge is 2.37. The third-order valence-electron chi connectivity index (χ3n) is 6.65. The SMILES string of the molecule is CCc1ccccc1NC(=O)[C@@H](NC(=O)N1C[C@H]2C[C@@H](C1)c1cccc(=O)n1C2)C(C)C. The fraction of sp³-hybridized carbons (Fsp3) is 0.480. The van der Waals surface area contributed by atoms with E-state index in [0.29, 0.717) is 19.6 Å².